The molecule has 0 spiro atoms. The molecule has 2 aromatic carbocycles. The number of phenols is 4. The van der Waals surface area contributed by atoms with Crippen molar-refractivity contribution in [3.8, 4) is 40.1 Å². The number of benzene rings is 2. The van der Waals surface area contributed by atoms with E-state index in [-0.39, 0.29) is 61.1 Å². The Morgan fingerprint density at radius 3 is 2.17 bits per heavy atom. The topological polar surface area (TPSA) is 131 Å². The number of rotatable bonds is 1. The quantitative estimate of drug-likeness (QED) is 0.244. The second kappa shape index (κ2) is 5.99. The summed E-state index contributed by atoms with van der Waals surface area (Å²) in [5.74, 6) is -2.71. The van der Waals surface area contributed by atoms with Gasteiger partial charge in [0.25, 0.3) is 0 Å². The van der Waals surface area contributed by atoms with Crippen LogP contribution in [0.4, 0.5) is 0 Å². The second-order valence-corrected chi connectivity index (χ2v) is 4.65. The summed E-state index contributed by atoms with van der Waals surface area (Å²) in [5, 5.41) is 47.6. The van der Waals surface area contributed by atoms with E-state index in [1.807, 2.05) is 0 Å². The van der Waals surface area contributed by atoms with Gasteiger partial charge in [-0.1, -0.05) is 0 Å². The third kappa shape index (κ3) is 2.79. The Balaban J connectivity index is 0.00000192. The number of fused-ring (bicyclic) bond motifs is 1. The summed E-state index contributed by atoms with van der Waals surface area (Å²) in [5.41, 5.74) is -0.890. The van der Waals surface area contributed by atoms with Gasteiger partial charge in [-0.15, -0.1) is 0 Å². The van der Waals surface area contributed by atoms with Gasteiger partial charge in [-0.25, -0.2) is 0 Å². The normalized spacial score (nSPS) is 10.4. The fourth-order valence-electron chi connectivity index (χ4n) is 2.14. The van der Waals surface area contributed by atoms with Gasteiger partial charge in [-0.3, -0.25) is 4.79 Å². The first-order chi connectivity index (χ1) is 10.4. The molecule has 0 amide bonds. The molecule has 3 aromatic rings. The zero-order valence-corrected chi connectivity index (χ0v) is 17.1. The van der Waals surface area contributed by atoms with Gasteiger partial charge in [0.1, 0.15) is 22.5 Å². The summed E-state index contributed by atoms with van der Waals surface area (Å²) < 4.78 is 5.35. The van der Waals surface area contributed by atoms with Crippen LogP contribution in [0, 0.1) is 0 Å². The Morgan fingerprint density at radius 2 is 1.52 bits per heavy atom. The zero-order chi connectivity index (χ0) is 16.0. The molecule has 0 aliphatic heterocycles. The SMILES string of the molecule is O=c1c(O)c(-c2ccc(O)c(O)c2)oc2cc(O)cc(O)c12.[PbH2]. The Labute approximate surface area is 148 Å². The average Bonchev–Trinajstić information content (AvgIpc) is 2.45. The van der Waals surface area contributed by atoms with Crippen LogP contribution in [0.5, 0.6) is 28.7 Å². The first kappa shape index (κ1) is 16.9. The van der Waals surface area contributed by atoms with Crippen LogP contribution in [0.3, 0.4) is 0 Å². The molecular weight excluding hydrogens is 499 g/mol. The third-order valence-corrected chi connectivity index (χ3v) is 3.17. The van der Waals surface area contributed by atoms with Crippen LogP contribution >= 0.6 is 0 Å². The van der Waals surface area contributed by atoms with Crippen molar-refractivity contribution >= 4 is 38.3 Å². The van der Waals surface area contributed by atoms with Crippen molar-refractivity contribution in [2.24, 2.45) is 0 Å². The van der Waals surface area contributed by atoms with Gasteiger partial charge < -0.3 is 29.9 Å². The number of hydrogen-bond donors (Lipinski definition) is 5. The van der Waals surface area contributed by atoms with Crippen LogP contribution in [0.25, 0.3) is 22.3 Å². The average molecular weight is 511 g/mol. The van der Waals surface area contributed by atoms with E-state index in [0.29, 0.717) is 0 Å². The monoisotopic (exact) mass is 512 g/mol. The van der Waals surface area contributed by atoms with E-state index in [0.717, 1.165) is 24.3 Å². The molecule has 7 nitrogen and oxygen atoms in total. The molecule has 1 aromatic heterocycles. The molecule has 0 saturated carbocycles. The molecule has 2 radical (unpaired) electrons. The van der Waals surface area contributed by atoms with Crippen molar-refractivity contribution in [3.05, 3.63) is 40.6 Å². The van der Waals surface area contributed by atoms with Gasteiger partial charge in [-0.2, -0.15) is 0 Å². The van der Waals surface area contributed by atoms with Gasteiger partial charge >= 0.3 is 27.3 Å². The van der Waals surface area contributed by atoms with Crippen molar-refractivity contribution in [2.75, 3.05) is 0 Å². The molecule has 0 bridgehead atoms. The van der Waals surface area contributed by atoms with Crippen molar-refractivity contribution in [1.82, 2.24) is 0 Å². The first-order valence-electron chi connectivity index (χ1n) is 6.12. The minimum atomic E-state index is -0.888. The summed E-state index contributed by atoms with van der Waals surface area (Å²) in [4.78, 5) is 12.1. The van der Waals surface area contributed by atoms with Crippen LogP contribution < -0.4 is 5.43 Å². The van der Waals surface area contributed by atoms with Crippen molar-refractivity contribution in [1.29, 1.82) is 0 Å². The number of aromatic hydroxyl groups is 5. The van der Waals surface area contributed by atoms with Gasteiger partial charge in [-0.05, 0) is 18.2 Å². The van der Waals surface area contributed by atoms with Crippen LogP contribution in [0.2, 0.25) is 0 Å². The molecule has 23 heavy (non-hydrogen) atoms. The maximum atomic E-state index is 12.1. The fraction of sp³-hybridized carbons (Fsp3) is 0. The zero-order valence-electron chi connectivity index (χ0n) is 11.6. The second-order valence-electron chi connectivity index (χ2n) is 4.65. The summed E-state index contributed by atoms with van der Waals surface area (Å²) in [6, 6.07) is 5.64. The van der Waals surface area contributed by atoms with Crippen molar-refractivity contribution in [3.63, 3.8) is 0 Å². The van der Waals surface area contributed by atoms with Gasteiger partial charge in [0.05, 0.1) is 0 Å². The molecular formula is C15H12O7Pb. The van der Waals surface area contributed by atoms with Gasteiger partial charge in [0.15, 0.2) is 17.3 Å². The van der Waals surface area contributed by atoms with Crippen LogP contribution in [0.1, 0.15) is 0 Å². The molecule has 0 atom stereocenters. The Bertz CT molecular complexity index is 962. The number of phenolic OH excluding ortho intramolecular Hbond substituents is 4. The van der Waals surface area contributed by atoms with Crippen molar-refractivity contribution in [2.45, 2.75) is 0 Å². The molecule has 118 valence electrons. The molecule has 0 aliphatic carbocycles. The molecule has 0 saturated heterocycles. The predicted octanol–water partition coefficient (Wildman–Crippen LogP) is 1.07. The third-order valence-electron chi connectivity index (χ3n) is 3.17. The summed E-state index contributed by atoms with van der Waals surface area (Å²) in [6.07, 6.45) is 0. The van der Waals surface area contributed by atoms with E-state index in [2.05, 4.69) is 0 Å². The molecule has 0 fully saturated rings. The van der Waals surface area contributed by atoms with E-state index in [1.54, 1.807) is 0 Å². The van der Waals surface area contributed by atoms with Gasteiger partial charge in [0, 0.05) is 17.7 Å². The van der Waals surface area contributed by atoms with Crippen molar-refractivity contribution < 1.29 is 29.9 Å². The van der Waals surface area contributed by atoms with E-state index < -0.39 is 22.7 Å². The summed E-state index contributed by atoms with van der Waals surface area (Å²) >= 11 is 0. The molecule has 0 unspecified atom stereocenters. The van der Waals surface area contributed by atoms with Crippen LogP contribution in [-0.4, -0.2) is 52.8 Å². The van der Waals surface area contributed by atoms with E-state index in [1.165, 1.54) is 6.07 Å². The molecule has 5 N–H and O–H groups in total. The Hall–Kier alpha value is -2.43. The summed E-state index contributed by atoms with van der Waals surface area (Å²) in [7, 11) is 0. The van der Waals surface area contributed by atoms with Crippen LogP contribution in [0.15, 0.2) is 39.5 Å². The molecule has 1 heterocycles. The predicted molar refractivity (Wildman–Crippen MR) is 84.8 cm³/mol. The van der Waals surface area contributed by atoms with E-state index in [9.17, 15) is 30.3 Å². The minimum absolute atomic E-state index is 0. The Kier molecular flexibility index (Phi) is 4.41. The molecule has 8 heteroatoms. The molecule has 0 aliphatic rings. The van der Waals surface area contributed by atoms with E-state index in [4.69, 9.17) is 4.42 Å². The van der Waals surface area contributed by atoms with Crippen LogP contribution in [-0.2, 0) is 0 Å². The molecule has 3 rings (SSSR count). The Morgan fingerprint density at radius 1 is 0.826 bits per heavy atom. The van der Waals surface area contributed by atoms with E-state index >= 15 is 0 Å². The summed E-state index contributed by atoms with van der Waals surface area (Å²) in [6.45, 7) is 0. The number of hydrogen-bond acceptors (Lipinski definition) is 7. The van der Waals surface area contributed by atoms with Gasteiger partial charge in [0.2, 0.25) is 11.2 Å². The first-order valence-corrected chi connectivity index (χ1v) is 6.12. The standard InChI is InChI=1S/C15H10O7.Pb.2H/c16-7-4-10(19)12-11(5-7)22-15(14(21)13(12)20)6-1-2-8(17)9(18)3-6;;;/h1-5,16-19,21H;;;. The fourth-order valence-corrected chi connectivity index (χ4v) is 2.14. The maximum absolute atomic E-state index is 12.1.